The Morgan fingerprint density at radius 1 is 1.04 bits per heavy atom. The molecule has 0 aliphatic rings. The molecule has 23 heavy (non-hydrogen) atoms. The van der Waals surface area contributed by atoms with Crippen molar-refractivity contribution in [3.8, 4) is 28.4 Å². The van der Waals surface area contributed by atoms with E-state index in [0.29, 0.717) is 17.2 Å². The van der Waals surface area contributed by atoms with Crippen LogP contribution in [-0.2, 0) is 0 Å². The molecule has 1 heterocycles. The first-order valence-corrected chi connectivity index (χ1v) is 7.20. The van der Waals surface area contributed by atoms with Crippen LogP contribution in [0.1, 0.15) is 16.1 Å². The number of H-pyrrole nitrogens is 1. The van der Waals surface area contributed by atoms with Gasteiger partial charge >= 0.3 is 0 Å². The van der Waals surface area contributed by atoms with E-state index < -0.39 is 5.91 Å². The Morgan fingerprint density at radius 3 is 2.22 bits per heavy atom. The maximum Gasteiger partial charge on any atom is 0.267 e. The van der Waals surface area contributed by atoms with Crippen LogP contribution >= 0.6 is 0 Å². The van der Waals surface area contributed by atoms with Crippen molar-refractivity contribution in [2.45, 2.75) is 6.92 Å². The highest BCUT2D eigenvalue weighted by molar-refractivity contribution is 5.98. The van der Waals surface area contributed by atoms with E-state index in [-0.39, 0.29) is 0 Å². The van der Waals surface area contributed by atoms with Crippen molar-refractivity contribution < 1.29 is 9.53 Å². The summed E-state index contributed by atoms with van der Waals surface area (Å²) in [6, 6.07) is 15.2. The molecule has 0 atom stereocenters. The van der Waals surface area contributed by atoms with Crippen molar-refractivity contribution in [1.82, 2.24) is 9.97 Å². The molecule has 2 aromatic carbocycles. The molecule has 3 rings (SSSR count). The Bertz CT molecular complexity index is 834. The zero-order chi connectivity index (χ0) is 16.4. The largest absolute Gasteiger partial charge is 0.497 e. The minimum absolute atomic E-state index is 0.297. The first-order valence-electron chi connectivity index (χ1n) is 7.20. The molecule has 3 aromatic rings. The summed E-state index contributed by atoms with van der Waals surface area (Å²) < 4.78 is 5.15. The first-order chi connectivity index (χ1) is 11.1. The molecule has 116 valence electrons. The number of amides is 1. The lowest BCUT2D eigenvalue weighted by molar-refractivity contribution is 0.0997. The number of ether oxygens (including phenoxy) is 1. The Balaban J connectivity index is 2.08. The number of hydrogen-bond donors (Lipinski definition) is 2. The lowest BCUT2D eigenvalue weighted by Gasteiger charge is -2.02. The third kappa shape index (κ3) is 2.94. The lowest BCUT2D eigenvalue weighted by Crippen LogP contribution is -2.12. The molecule has 0 aliphatic heterocycles. The number of hydrogen-bond acceptors (Lipinski definition) is 3. The summed E-state index contributed by atoms with van der Waals surface area (Å²) >= 11 is 0. The van der Waals surface area contributed by atoms with Gasteiger partial charge in [-0.15, -0.1) is 0 Å². The number of aromatic amines is 1. The molecule has 5 heteroatoms. The quantitative estimate of drug-likeness (QED) is 0.777. The van der Waals surface area contributed by atoms with Crippen LogP contribution in [0, 0.1) is 6.92 Å². The van der Waals surface area contributed by atoms with Gasteiger partial charge in [-0.1, -0.05) is 29.8 Å². The van der Waals surface area contributed by atoms with Crippen LogP contribution in [0.5, 0.6) is 5.75 Å². The van der Waals surface area contributed by atoms with E-state index in [9.17, 15) is 4.79 Å². The number of nitrogens with two attached hydrogens (primary N) is 1. The van der Waals surface area contributed by atoms with Crippen molar-refractivity contribution in [1.29, 1.82) is 0 Å². The number of rotatable bonds is 4. The van der Waals surface area contributed by atoms with Gasteiger partial charge in [-0.3, -0.25) is 4.79 Å². The van der Waals surface area contributed by atoms with Gasteiger partial charge in [0.1, 0.15) is 23.0 Å². The number of imidazole rings is 1. The number of nitrogens with zero attached hydrogens (tertiary/aromatic N) is 1. The minimum atomic E-state index is -0.540. The van der Waals surface area contributed by atoms with Crippen molar-refractivity contribution in [3.63, 3.8) is 0 Å². The van der Waals surface area contributed by atoms with E-state index >= 15 is 0 Å². The van der Waals surface area contributed by atoms with E-state index in [1.807, 2.05) is 55.5 Å². The fourth-order valence-electron chi connectivity index (χ4n) is 2.36. The Hall–Kier alpha value is -3.08. The van der Waals surface area contributed by atoms with Gasteiger partial charge in [0.2, 0.25) is 0 Å². The van der Waals surface area contributed by atoms with Crippen molar-refractivity contribution in [2.24, 2.45) is 5.73 Å². The van der Waals surface area contributed by atoms with Gasteiger partial charge in [-0.2, -0.15) is 0 Å². The normalized spacial score (nSPS) is 10.5. The van der Waals surface area contributed by atoms with E-state index in [0.717, 1.165) is 22.4 Å². The second-order valence-corrected chi connectivity index (χ2v) is 5.27. The van der Waals surface area contributed by atoms with Gasteiger partial charge in [0.15, 0.2) is 0 Å². The average molecular weight is 307 g/mol. The van der Waals surface area contributed by atoms with Gasteiger partial charge in [0.05, 0.1) is 7.11 Å². The van der Waals surface area contributed by atoms with Gasteiger partial charge in [0, 0.05) is 11.1 Å². The Morgan fingerprint density at radius 2 is 1.65 bits per heavy atom. The molecule has 0 saturated carbocycles. The highest BCUT2D eigenvalue weighted by Crippen LogP contribution is 2.27. The van der Waals surface area contributed by atoms with Crippen LogP contribution in [0.15, 0.2) is 48.5 Å². The highest BCUT2D eigenvalue weighted by atomic mass is 16.5. The first kappa shape index (κ1) is 14.8. The molecule has 0 fully saturated rings. The average Bonchev–Trinajstić information content (AvgIpc) is 3.01. The number of primary amides is 1. The Kier molecular flexibility index (Phi) is 3.85. The summed E-state index contributed by atoms with van der Waals surface area (Å²) in [5.41, 5.74) is 9.18. The molecule has 1 amide bonds. The predicted octanol–water partition coefficient (Wildman–Crippen LogP) is 3.16. The molecule has 0 unspecified atom stereocenters. The minimum Gasteiger partial charge on any atom is -0.497 e. The predicted molar refractivity (Wildman–Crippen MR) is 89.3 cm³/mol. The Labute approximate surface area is 134 Å². The fraction of sp³-hybridized carbons (Fsp3) is 0.111. The molecular formula is C18H17N3O2. The summed E-state index contributed by atoms with van der Waals surface area (Å²) in [6.07, 6.45) is 0. The topological polar surface area (TPSA) is 81.0 Å². The molecule has 3 N–H and O–H groups in total. The van der Waals surface area contributed by atoms with Crippen LogP contribution in [-0.4, -0.2) is 23.0 Å². The zero-order valence-corrected chi connectivity index (χ0v) is 13.0. The highest BCUT2D eigenvalue weighted by Gasteiger charge is 2.17. The van der Waals surface area contributed by atoms with Crippen LogP contribution in [0.2, 0.25) is 0 Å². The summed E-state index contributed by atoms with van der Waals surface area (Å²) in [5.74, 6) is 0.815. The van der Waals surface area contributed by atoms with E-state index in [1.165, 1.54) is 0 Å². The smallest absolute Gasteiger partial charge is 0.267 e. The number of carbonyl (C=O) groups excluding carboxylic acids is 1. The number of aryl methyl sites for hydroxylation is 1. The number of aromatic nitrogens is 2. The van der Waals surface area contributed by atoms with Crippen molar-refractivity contribution >= 4 is 5.91 Å². The number of benzene rings is 2. The number of carbonyl (C=O) groups is 1. The maximum atomic E-state index is 11.7. The maximum absolute atomic E-state index is 11.7. The molecule has 0 bridgehead atoms. The standard InChI is InChI=1S/C18H17N3O2/c1-11-3-5-13(6-4-11)18-20-15(16(21-18)17(19)22)12-7-9-14(23-2)10-8-12/h3-10H,1-2H3,(H2,19,22)(H,20,21). The summed E-state index contributed by atoms with van der Waals surface area (Å²) in [4.78, 5) is 19.3. The van der Waals surface area contributed by atoms with Gasteiger partial charge in [0.25, 0.3) is 5.91 Å². The third-order valence-electron chi connectivity index (χ3n) is 3.64. The van der Waals surface area contributed by atoms with Gasteiger partial charge < -0.3 is 15.5 Å². The third-order valence-corrected chi connectivity index (χ3v) is 3.64. The van der Waals surface area contributed by atoms with Crippen LogP contribution in [0.3, 0.4) is 0 Å². The summed E-state index contributed by atoms with van der Waals surface area (Å²) in [6.45, 7) is 2.02. The summed E-state index contributed by atoms with van der Waals surface area (Å²) in [5, 5.41) is 0. The van der Waals surface area contributed by atoms with Gasteiger partial charge in [-0.25, -0.2) is 4.98 Å². The summed E-state index contributed by atoms with van der Waals surface area (Å²) in [7, 11) is 1.61. The second-order valence-electron chi connectivity index (χ2n) is 5.27. The molecule has 1 aromatic heterocycles. The van der Waals surface area contributed by atoms with E-state index in [1.54, 1.807) is 7.11 Å². The molecule has 5 nitrogen and oxygen atoms in total. The van der Waals surface area contributed by atoms with E-state index in [2.05, 4.69) is 9.97 Å². The van der Waals surface area contributed by atoms with Crippen molar-refractivity contribution in [2.75, 3.05) is 7.11 Å². The van der Waals surface area contributed by atoms with E-state index in [4.69, 9.17) is 10.5 Å². The second kappa shape index (κ2) is 5.96. The van der Waals surface area contributed by atoms with Crippen molar-refractivity contribution in [3.05, 3.63) is 59.8 Å². The number of methoxy groups -OCH3 is 1. The SMILES string of the molecule is COc1ccc(-c2nc(-c3ccc(C)cc3)[nH]c2C(N)=O)cc1. The van der Waals surface area contributed by atoms with Crippen LogP contribution < -0.4 is 10.5 Å². The van der Waals surface area contributed by atoms with Gasteiger partial charge in [-0.05, 0) is 31.2 Å². The molecular weight excluding hydrogens is 290 g/mol. The molecule has 0 saturated heterocycles. The van der Waals surface area contributed by atoms with Crippen LogP contribution in [0.25, 0.3) is 22.6 Å². The molecule has 0 radical (unpaired) electrons. The fourth-order valence-corrected chi connectivity index (χ4v) is 2.36. The molecule has 0 aliphatic carbocycles. The number of nitrogens with one attached hydrogen (secondary N) is 1. The monoisotopic (exact) mass is 307 g/mol. The lowest BCUT2D eigenvalue weighted by atomic mass is 10.1. The zero-order valence-electron chi connectivity index (χ0n) is 13.0. The molecule has 0 spiro atoms. The van der Waals surface area contributed by atoms with Crippen LogP contribution in [0.4, 0.5) is 0 Å².